The summed E-state index contributed by atoms with van der Waals surface area (Å²) >= 11 is 0. The summed E-state index contributed by atoms with van der Waals surface area (Å²) in [5, 5.41) is 2.34. The van der Waals surface area contributed by atoms with E-state index in [1.807, 2.05) is 6.92 Å². The van der Waals surface area contributed by atoms with Crippen LogP contribution in [0.1, 0.15) is 50.8 Å². The number of benzene rings is 1. The lowest BCUT2D eigenvalue weighted by atomic mass is 10.00. The van der Waals surface area contributed by atoms with Gasteiger partial charge in [-0.1, -0.05) is 31.5 Å². The number of rotatable bonds is 8. The smallest absolute Gasteiger partial charge is 0.416 e. The molecule has 0 heterocycles. The van der Waals surface area contributed by atoms with E-state index >= 15 is 0 Å². The van der Waals surface area contributed by atoms with Gasteiger partial charge in [-0.25, -0.2) is 17.9 Å². The maximum Gasteiger partial charge on any atom is 0.416 e. The fourth-order valence-corrected chi connectivity index (χ4v) is 3.08. The molecule has 1 atom stereocenters. The minimum Gasteiger partial charge on any atom is -0.444 e. The van der Waals surface area contributed by atoms with Gasteiger partial charge in [0.1, 0.15) is 5.60 Å². The number of sulfonamides is 1. The first kappa shape index (κ1) is 23.2. The number of alkyl halides is 3. The normalized spacial score (nSPS) is 13.9. The molecule has 0 spiro atoms. The van der Waals surface area contributed by atoms with E-state index in [1.54, 1.807) is 13.8 Å². The highest BCUT2D eigenvalue weighted by atomic mass is 32.2. The Balaban J connectivity index is 3.14. The molecule has 0 saturated heterocycles. The first-order valence-corrected chi connectivity index (χ1v) is 10.2. The Morgan fingerprint density at radius 1 is 1.22 bits per heavy atom. The summed E-state index contributed by atoms with van der Waals surface area (Å²) in [5.74, 6) is 0. The molecular formula is C17H25F3N2O4S. The van der Waals surface area contributed by atoms with E-state index in [2.05, 4.69) is 10.0 Å². The largest absolute Gasteiger partial charge is 0.444 e. The summed E-state index contributed by atoms with van der Waals surface area (Å²) in [4.78, 5) is 12.2. The van der Waals surface area contributed by atoms with Crippen LogP contribution in [0.15, 0.2) is 24.3 Å². The molecule has 10 heteroatoms. The van der Waals surface area contributed by atoms with Gasteiger partial charge in [0.15, 0.2) is 0 Å². The number of alkyl carbamates (subject to hydrolysis) is 1. The van der Waals surface area contributed by atoms with E-state index < -0.39 is 46.0 Å². The van der Waals surface area contributed by atoms with Gasteiger partial charge in [0.25, 0.3) is 0 Å². The van der Waals surface area contributed by atoms with E-state index in [1.165, 1.54) is 18.2 Å². The summed E-state index contributed by atoms with van der Waals surface area (Å²) < 4.78 is 70.1. The maximum absolute atomic E-state index is 13.3. The van der Waals surface area contributed by atoms with Crippen LogP contribution in [0.5, 0.6) is 0 Å². The minimum atomic E-state index is -4.66. The lowest BCUT2D eigenvalue weighted by molar-refractivity contribution is -0.138. The molecule has 0 aliphatic carbocycles. The zero-order chi connectivity index (χ0) is 20.9. The first-order valence-electron chi connectivity index (χ1n) is 8.35. The Labute approximate surface area is 157 Å². The topological polar surface area (TPSA) is 84.5 Å². The Kier molecular flexibility index (Phi) is 7.67. The monoisotopic (exact) mass is 410 g/mol. The summed E-state index contributed by atoms with van der Waals surface area (Å²) in [5.41, 5.74) is -2.03. The number of carbonyl (C=O) groups excluding carboxylic acids is 1. The molecule has 1 amide bonds. The number of nitrogens with one attached hydrogen (secondary N) is 2. The number of ether oxygens (including phenoxy) is 1. The van der Waals surface area contributed by atoms with Crippen LogP contribution in [0.3, 0.4) is 0 Å². The Bertz CT molecular complexity index is 749. The highest BCUT2D eigenvalue weighted by Crippen LogP contribution is 2.34. The second-order valence-corrected chi connectivity index (χ2v) is 8.63. The first-order chi connectivity index (χ1) is 12.2. The van der Waals surface area contributed by atoms with Gasteiger partial charge in [-0.3, -0.25) is 0 Å². The van der Waals surface area contributed by atoms with Gasteiger partial charge in [-0.15, -0.1) is 0 Å². The van der Waals surface area contributed by atoms with Crippen LogP contribution in [0.25, 0.3) is 0 Å². The maximum atomic E-state index is 13.3. The molecule has 0 fully saturated rings. The lowest BCUT2D eigenvalue weighted by Crippen LogP contribution is -2.41. The summed E-state index contributed by atoms with van der Waals surface area (Å²) in [6.45, 7) is 4.82. The van der Waals surface area contributed by atoms with E-state index in [4.69, 9.17) is 4.74 Å². The van der Waals surface area contributed by atoms with Crippen LogP contribution in [0.2, 0.25) is 0 Å². The third-order valence-corrected chi connectivity index (χ3v) is 4.40. The summed E-state index contributed by atoms with van der Waals surface area (Å²) in [7, 11) is -3.68. The van der Waals surface area contributed by atoms with E-state index in [9.17, 15) is 26.4 Å². The highest BCUT2D eigenvalue weighted by molar-refractivity contribution is 7.88. The van der Waals surface area contributed by atoms with Crippen molar-refractivity contribution in [1.29, 1.82) is 0 Å². The average Bonchev–Trinajstić information content (AvgIpc) is 2.49. The number of carbonyl (C=O) groups is 1. The Hall–Kier alpha value is -1.81. The van der Waals surface area contributed by atoms with Crippen LogP contribution in [0.4, 0.5) is 18.0 Å². The zero-order valence-corrected chi connectivity index (χ0v) is 16.5. The zero-order valence-electron chi connectivity index (χ0n) is 15.7. The van der Waals surface area contributed by atoms with Gasteiger partial charge < -0.3 is 10.1 Å². The lowest BCUT2D eigenvalue weighted by Gasteiger charge is -2.28. The molecular weight excluding hydrogens is 385 g/mol. The number of halogens is 3. The third kappa shape index (κ3) is 8.17. The molecule has 1 unspecified atom stereocenters. The number of amides is 1. The van der Waals surface area contributed by atoms with Crippen molar-refractivity contribution in [3.63, 3.8) is 0 Å². The average molecular weight is 410 g/mol. The molecule has 2 N–H and O–H groups in total. The quantitative estimate of drug-likeness (QED) is 0.686. The van der Waals surface area contributed by atoms with Gasteiger partial charge in [0.05, 0.1) is 17.9 Å². The van der Waals surface area contributed by atoms with Crippen LogP contribution in [0, 0.1) is 0 Å². The minimum absolute atomic E-state index is 0.258. The molecule has 1 aromatic rings. The molecule has 1 rings (SSSR count). The molecule has 0 aliphatic rings. The van der Waals surface area contributed by atoms with E-state index in [-0.39, 0.29) is 5.56 Å². The molecule has 0 aliphatic heterocycles. The Morgan fingerprint density at radius 3 is 2.33 bits per heavy atom. The van der Waals surface area contributed by atoms with Crippen molar-refractivity contribution in [3.8, 4) is 0 Å². The van der Waals surface area contributed by atoms with Crippen LogP contribution >= 0.6 is 0 Å². The van der Waals surface area contributed by atoms with Crippen molar-refractivity contribution in [2.75, 3.05) is 12.8 Å². The highest BCUT2D eigenvalue weighted by Gasteiger charge is 2.36. The van der Waals surface area contributed by atoms with Gasteiger partial charge >= 0.3 is 12.3 Å². The molecule has 1 aromatic carbocycles. The number of hydrogen-bond acceptors (Lipinski definition) is 4. The molecule has 0 saturated carbocycles. The molecule has 27 heavy (non-hydrogen) atoms. The fourth-order valence-electron chi connectivity index (χ4n) is 2.61. The molecule has 0 radical (unpaired) electrons. The van der Waals surface area contributed by atoms with Crippen molar-refractivity contribution in [1.82, 2.24) is 10.0 Å². The van der Waals surface area contributed by atoms with Crippen molar-refractivity contribution in [3.05, 3.63) is 35.4 Å². The van der Waals surface area contributed by atoms with Crippen molar-refractivity contribution in [2.45, 2.75) is 51.4 Å². The molecule has 6 nitrogen and oxygen atoms in total. The van der Waals surface area contributed by atoms with Gasteiger partial charge in [0, 0.05) is 6.54 Å². The summed E-state index contributed by atoms with van der Waals surface area (Å²) in [6, 6.07) is 3.40. The second kappa shape index (κ2) is 8.92. The molecule has 0 aromatic heterocycles. The molecule has 154 valence electrons. The Morgan fingerprint density at radius 2 is 1.81 bits per heavy atom. The van der Waals surface area contributed by atoms with Crippen LogP contribution < -0.4 is 10.0 Å². The van der Waals surface area contributed by atoms with Crippen LogP contribution in [-0.4, -0.2) is 32.9 Å². The second-order valence-electron chi connectivity index (χ2n) is 6.80. The predicted molar refractivity (Wildman–Crippen MR) is 95.6 cm³/mol. The van der Waals surface area contributed by atoms with Crippen molar-refractivity contribution < 1.29 is 31.1 Å². The van der Waals surface area contributed by atoms with Crippen LogP contribution in [-0.2, 0) is 20.9 Å². The fraction of sp³-hybridized carbons (Fsp3) is 0.588. The van der Waals surface area contributed by atoms with Crippen molar-refractivity contribution >= 4 is 16.1 Å². The van der Waals surface area contributed by atoms with E-state index in [0.29, 0.717) is 6.42 Å². The van der Waals surface area contributed by atoms with Gasteiger partial charge in [0.2, 0.25) is 10.0 Å². The summed E-state index contributed by atoms with van der Waals surface area (Å²) in [6.07, 6.45) is -3.40. The van der Waals surface area contributed by atoms with Crippen molar-refractivity contribution in [2.24, 2.45) is 0 Å². The predicted octanol–water partition coefficient (Wildman–Crippen LogP) is 3.60. The standard InChI is InChI=1S/C17H25F3N2O4S/c1-5-10-16(2,3)26-15(23)22-14(11-21-27(4,24)25)12-8-6-7-9-13(12)17(18,19)20/h6-9,14,21H,5,10-11H2,1-4H3,(H,22,23). The third-order valence-electron chi connectivity index (χ3n) is 3.70. The SMILES string of the molecule is CCCC(C)(C)OC(=O)NC(CNS(C)(=O)=O)c1ccccc1C(F)(F)F. The van der Waals surface area contributed by atoms with Gasteiger partial charge in [-0.2, -0.15) is 13.2 Å². The van der Waals surface area contributed by atoms with E-state index in [0.717, 1.165) is 18.7 Å². The number of hydrogen-bond donors (Lipinski definition) is 2. The van der Waals surface area contributed by atoms with Gasteiger partial charge in [-0.05, 0) is 31.9 Å². The molecule has 0 bridgehead atoms.